The second-order valence-electron chi connectivity index (χ2n) is 4.50. The second-order valence-corrected chi connectivity index (χ2v) is 4.50. The van der Waals surface area contributed by atoms with Crippen molar-refractivity contribution in [3.63, 3.8) is 0 Å². The molecule has 6 nitrogen and oxygen atoms in total. The van der Waals surface area contributed by atoms with Gasteiger partial charge in [0, 0.05) is 19.4 Å². The van der Waals surface area contributed by atoms with Crippen molar-refractivity contribution in [3.05, 3.63) is 0 Å². The molecule has 0 aromatic rings. The van der Waals surface area contributed by atoms with Crippen molar-refractivity contribution in [2.24, 2.45) is 0 Å². The number of unbranched alkanes of at least 4 members (excludes halogenated alkanes) is 3. The molecule has 0 aliphatic rings. The first-order valence-electron chi connectivity index (χ1n) is 6.66. The first kappa shape index (κ1) is 17.6. The number of hydrogen-bond acceptors (Lipinski definition) is 4. The van der Waals surface area contributed by atoms with Crippen LogP contribution in [0.25, 0.3) is 0 Å². The van der Waals surface area contributed by atoms with E-state index in [0.29, 0.717) is 6.42 Å². The van der Waals surface area contributed by atoms with Gasteiger partial charge in [0.15, 0.2) is 0 Å². The molecular weight excluding hydrogens is 250 g/mol. The molecule has 0 heterocycles. The molecule has 19 heavy (non-hydrogen) atoms. The fraction of sp³-hybridized carbons (Fsp3) is 0.769. The largest absolute Gasteiger partial charge is 0.480 e. The average Bonchev–Trinajstić information content (AvgIpc) is 2.34. The van der Waals surface area contributed by atoms with Gasteiger partial charge in [-0.15, -0.1) is 0 Å². The number of carboxylic acids is 1. The van der Waals surface area contributed by atoms with Gasteiger partial charge in [-0.05, 0) is 6.42 Å². The molecule has 0 rings (SSSR count). The maximum absolute atomic E-state index is 11.5. The molecule has 1 amide bonds. The number of carbonyl (C=O) groups is 3. The minimum absolute atomic E-state index is 0.0637. The summed E-state index contributed by atoms with van der Waals surface area (Å²) in [6, 6.07) is -1.13. The third-order valence-electron chi connectivity index (χ3n) is 2.72. The van der Waals surface area contributed by atoms with Gasteiger partial charge >= 0.3 is 5.97 Å². The maximum atomic E-state index is 11.5. The van der Waals surface area contributed by atoms with E-state index >= 15 is 0 Å². The number of amides is 1. The first-order valence-corrected chi connectivity index (χ1v) is 6.66. The molecule has 0 aromatic carbocycles. The summed E-state index contributed by atoms with van der Waals surface area (Å²) in [7, 11) is 0. The van der Waals surface area contributed by atoms with E-state index in [1.807, 2.05) is 0 Å². The fourth-order valence-electron chi connectivity index (χ4n) is 1.65. The molecule has 1 atom stereocenters. The Morgan fingerprint density at radius 3 is 2.37 bits per heavy atom. The highest BCUT2D eigenvalue weighted by atomic mass is 16.4. The van der Waals surface area contributed by atoms with Gasteiger partial charge in [0.25, 0.3) is 0 Å². The number of hydrogen-bond donors (Lipinski definition) is 3. The van der Waals surface area contributed by atoms with Crippen LogP contribution in [0.5, 0.6) is 0 Å². The summed E-state index contributed by atoms with van der Waals surface area (Å²) in [5, 5.41) is 19.7. The SMILES string of the molecule is CCCCCCC(=O)CC(=O)N[C@@H](CCO)C(=O)O. The summed E-state index contributed by atoms with van der Waals surface area (Å²) in [5.41, 5.74) is 0. The predicted molar refractivity (Wildman–Crippen MR) is 69.7 cm³/mol. The third kappa shape index (κ3) is 9.18. The normalized spacial score (nSPS) is 11.9. The maximum Gasteiger partial charge on any atom is 0.326 e. The second kappa shape index (κ2) is 10.5. The zero-order valence-electron chi connectivity index (χ0n) is 11.4. The molecule has 6 heteroatoms. The third-order valence-corrected chi connectivity index (χ3v) is 2.72. The van der Waals surface area contributed by atoms with E-state index < -0.39 is 17.9 Å². The smallest absolute Gasteiger partial charge is 0.326 e. The molecule has 0 radical (unpaired) electrons. The monoisotopic (exact) mass is 273 g/mol. The fourth-order valence-corrected chi connectivity index (χ4v) is 1.65. The van der Waals surface area contributed by atoms with Crippen LogP contribution in [0.2, 0.25) is 0 Å². The lowest BCUT2D eigenvalue weighted by atomic mass is 10.1. The van der Waals surface area contributed by atoms with E-state index in [1.54, 1.807) is 0 Å². The summed E-state index contributed by atoms with van der Waals surface area (Å²) >= 11 is 0. The molecule has 0 aromatic heterocycles. The summed E-state index contributed by atoms with van der Waals surface area (Å²) in [4.78, 5) is 33.7. The highest BCUT2D eigenvalue weighted by Crippen LogP contribution is 2.04. The van der Waals surface area contributed by atoms with Crippen molar-refractivity contribution >= 4 is 17.7 Å². The Kier molecular flexibility index (Phi) is 9.70. The number of rotatable bonds is 11. The summed E-state index contributed by atoms with van der Waals surface area (Å²) in [5.74, 6) is -1.99. The van der Waals surface area contributed by atoms with Crippen molar-refractivity contribution < 1.29 is 24.6 Å². The Labute approximate surface area is 113 Å². The van der Waals surface area contributed by atoms with Gasteiger partial charge in [-0.2, -0.15) is 0 Å². The Morgan fingerprint density at radius 1 is 1.16 bits per heavy atom. The van der Waals surface area contributed by atoms with Gasteiger partial charge in [-0.1, -0.05) is 26.2 Å². The first-order chi connectivity index (χ1) is 9.01. The van der Waals surface area contributed by atoms with Crippen LogP contribution in [-0.2, 0) is 14.4 Å². The highest BCUT2D eigenvalue weighted by Gasteiger charge is 2.20. The molecule has 0 fully saturated rings. The van der Waals surface area contributed by atoms with Crippen LogP contribution in [0.3, 0.4) is 0 Å². The van der Waals surface area contributed by atoms with E-state index in [4.69, 9.17) is 10.2 Å². The van der Waals surface area contributed by atoms with Crippen LogP contribution in [-0.4, -0.2) is 40.5 Å². The molecule has 0 aliphatic heterocycles. The number of aliphatic hydroxyl groups excluding tert-OH is 1. The minimum Gasteiger partial charge on any atom is -0.480 e. The molecular formula is C13H23NO5. The van der Waals surface area contributed by atoms with Gasteiger partial charge in [0.1, 0.15) is 11.8 Å². The molecule has 3 N–H and O–H groups in total. The lowest BCUT2D eigenvalue weighted by Gasteiger charge is -2.12. The van der Waals surface area contributed by atoms with E-state index in [9.17, 15) is 14.4 Å². The standard InChI is InChI=1S/C13H23NO5/c1-2-3-4-5-6-10(16)9-12(17)14-11(7-8-15)13(18)19/h11,15H,2-9H2,1H3,(H,14,17)(H,18,19)/t11-/m0/s1. The van der Waals surface area contributed by atoms with Crippen molar-refractivity contribution in [2.75, 3.05) is 6.61 Å². The van der Waals surface area contributed by atoms with Crippen LogP contribution in [0.4, 0.5) is 0 Å². The van der Waals surface area contributed by atoms with Crippen molar-refractivity contribution in [2.45, 2.75) is 57.9 Å². The van der Waals surface area contributed by atoms with Crippen molar-refractivity contribution in [1.82, 2.24) is 5.32 Å². The Hall–Kier alpha value is -1.43. The number of Topliss-reactive ketones (excluding diaryl/α,β-unsaturated/α-hetero) is 1. The zero-order valence-corrected chi connectivity index (χ0v) is 11.4. The molecule has 0 spiro atoms. The average molecular weight is 273 g/mol. The van der Waals surface area contributed by atoms with Crippen LogP contribution >= 0.6 is 0 Å². The van der Waals surface area contributed by atoms with Crippen LogP contribution < -0.4 is 5.32 Å². The van der Waals surface area contributed by atoms with Crippen molar-refractivity contribution in [1.29, 1.82) is 0 Å². The summed E-state index contributed by atoms with van der Waals surface area (Å²) in [6.07, 6.45) is 3.87. The van der Waals surface area contributed by atoms with Gasteiger partial charge in [0.05, 0.1) is 6.42 Å². The number of aliphatic carboxylic acids is 1. The van der Waals surface area contributed by atoms with Crippen LogP contribution in [0, 0.1) is 0 Å². The summed E-state index contributed by atoms with van der Waals surface area (Å²) in [6.45, 7) is 1.74. The highest BCUT2D eigenvalue weighted by molar-refractivity contribution is 5.99. The number of nitrogens with one attached hydrogen (secondary N) is 1. The number of ketones is 1. The molecule has 0 bridgehead atoms. The van der Waals surface area contributed by atoms with E-state index in [1.165, 1.54) is 0 Å². The molecule has 0 saturated carbocycles. The van der Waals surface area contributed by atoms with E-state index in [0.717, 1.165) is 25.7 Å². The lowest BCUT2D eigenvalue weighted by molar-refractivity contribution is -0.143. The van der Waals surface area contributed by atoms with Crippen LogP contribution in [0.1, 0.15) is 51.9 Å². The Morgan fingerprint density at radius 2 is 1.84 bits per heavy atom. The molecule has 0 aliphatic carbocycles. The van der Waals surface area contributed by atoms with Crippen LogP contribution in [0.15, 0.2) is 0 Å². The van der Waals surface area contributed by atoms with Gasteiger partial charge < -0.3 is 15.5 Å². The van der Waals surface area contributed by atoms with Gasteiger partial charge in [0.2, 0.25) is 5.91 Å². The molecule has 110 valence electrons. The number of carbonyl (C=O) groups excluding carboxylic acids is 2. The lowest BCUT2D eigenvalue weighted by Crippen LogP contribution is -2.42. The molecule has 0 unspecified atom stereocenters. The Balaban J connectivity index is 3.94. The number of aliphatic hydroxyl groups is 1. The van der Waals surface area contributed by atoms with E-state index in [2.05, 4.69) is 12.2 Å². The zero-order chi connectivity index (χ0) is 14.7. The van der Waals surface area contributed by atoms with Gasteiger partial charge in [-0.25, -0.2) is 4.79 Å². The Bertz CT molecular complexity index is 303. The van der Waals surface area contributed by atoms with Crippen molar-refractivity contribution in [3.8, 4) is 0 Å². The van der Waals surface area contributed by atoms with E-state index in [-0.39, 0.29) is 25.2 Å². The van der Waals surface area contributed by atoms with Gasteiger partial charge in [-0.3, -0.25) is 9.59 Å². The number of carboxylic acid groups (broad SMARTS) is 1. The topological polar surface area (TPSA) is 104 Å². The quantitative estimate of drug-likeness (QED) is 0.383. The predicted octanol–water partition coefficient (Wildman–Crippen LogP) is 0.868. The summed E-state index contributed by atoms with van der Waals surface area (Å²) < 4.78 is 0. The molecule has 0 saturated heterocycles. The minimum atomic E-state index is -1.21.